The number of carbonyl (C=O) groups is 2. The SMILES string of the molecule is COc1ccc(OC)c(N=c2oc3c(C)ncc(COC(C)=O)c3cc2C(=O)Nc2cc(C)ccc2OC)c1. The molecule has 0 saturated heterocycles. The van der Waals surface area contributed by atoms with E-state index in [1.807, 2.05) is 13.0 Å². The summed E-state index contributed by atoms with van der Waals surface area (Å²) >= 11 is 0. The van der Waals surface area contributed by atoms with Crippen LogP contribution in [0.1, 0.15) is 34.1 Å². The van der Waals surface area contributed by atoms with Crippen molar-refractivity contribution in [1.29, 1.82) is 0 Å². The maximum Gasteiger partial charge on any atom is 0.302 e. The van der Waals surface area contributed by atoms with Crippen molar-refractivity contribution < 1.29 is 33.0 Å². The van der Waals surface area contributed by atoms with Crippen molar-refractivity contribution in [3.05, 3.63) is 76.6 Å². The average molecular weight is 532 g/mol. The molecule has 0 atom stereocenters. The third kappa shape index (κ3) is 6.01. The molecule has 0 aliphatic carbocycles. The summed E-state index contributed by atoms with van der Waals surface area (Å²) in [6.07, 6.45) is 1.59. The number of nitrogens with zero attached hydrogens (tertiary/aromatic N) is 2. The number of pyridine rings is 1. The second-order valence-electron chi connectivity index (χ2n) is 8.66. The van der Waals surface area contributed by atoms with Crippen LogP contribution in [0.2, 0.25) is 0 Å². The van der Waals surface area contributed by atoms with Gasteiger partial charge in [-0.05, 0) is 49.7 Å². The number of anilines is 1. The Hall–Kier alpha value is -4.86. The predicted molar refractivity (Wildman–Crippen MR) is 145 cm³/mol. The van der Waals surface area contributed by atoms with Gasteiger partial charge in [-0.25, -0.2) is 4.99 Å². The molecule has 4 rings (SSSR count). The first-order valence-corrected chi connectivity index (χ1v) is 12.0. The van der Waals surface area contributed by atoms with Gasteiger partial charge >= 0.3 is 5.97 Å². The van der Waals surface area contributed by atoms with Crippen LogP contribution < -0.4 is 25.1 Å². The molecule has 0 saturated carbocycles. The van der Waals surface area contributed by atoms with Crippen LogP contribution in [0.3, 0.4) is 0 Å². The molecule has 10 nitrogen and oxygen atoms in total. The van der Waals surface area contributed by atoms with Crippen molar-refractivity contribution in [3.8, 4) is 17.2 Å². The smallest absolute Gasteiger partial charge is 0.302 e. The van der Waals surface area contributed by atoms with Crippen LogP contribution >= 0.6 is 0 Å². The molecule has 1 N–H and O–H groups in total. The minimum absolute atomic E-state index is 0.0210. The number of fused-ring (bicyclic) bond motifs is 1. The van der Waals surface area contributed by atoms with Crippen molar-refractivity contribution in [1.82, 2.24) is 4.98 Å². The van der Waals surface area contributed by atoms with Gasteiger partial charge in [0, 0.05) is 30.1 Å². The van der Waals surface area contributed by atoms with Crippen LogP contribution in [0.5, 0.6) is 17.2 Å². The molecular formula is C29H29N3O7. The monoisotopic (exact) mass is 531 g/mol. The summed E-state index contributed by atoms with van der Waals surface area (Å²) in [6.45, 7) is 4.96. The number of aryl methyl sites for hydroxylation is 2. The van der Waals surface area contributed by atoms with Crippen molar-refractivity contribution in [2.75, 3.05) is 26.6 Å². The molecule has 0 radical (unpaired) electrons. The van der Waals surface area contributed by atoms with Crippen molar-refractivity contribution in [2.24, 2.45) is 4.99 Å². The molecule has 1 amide bonds. The molecule has 0 unspecified atom stereocenters. The number of amides is 1. The first kappa shape index (κ1) is 27.2. The zero-order valence-electron chi connectivity index (χ0n) is 22.6. The molecule has 0 aliphatic heterocycles. The van der Waals surface area contributed by atoms with Crippen molar-refractivity contribution in [2.45, 2.75) is 27.4 Å². The van der Waals surface area contributed by atoms with E-state index in [-0.39, 0.29) is 17.7 Å². The zero-order valence-corrected chi connectivity index (χ0v) is 22.6. The Bertz CT molecular complexity index is 1630. The molecule has 10 heteroatoms. The minimum Gasteiger partial charge on any atom is -0.497 e. The lowest BCUT2D eigenvalue weighted by molar-refractivity contribution is -0.142. The topological polar surface area (TPSA) is 121 Å². The number of nitrogens with one attached hydrogen (secondary N) is 1. The van der Waals surface area contributed by atoms with Gasteiger partial charge in [0.15, 0.2) is 5.58 Å². The van der Waals surface area contributed by atoms with E-state index in [4.69, 9.17) is 23.4 Å². The average Bonchev–Trinajstić information content (AvgIpc) is 2.92. The molecular weight excluding hydrogens is 502 g/mol. The van der Waals surface area contributed by atoms with Crippen LogP contribution in [-0.4, -0.2) is 38.2 Å². The lowest BCUT2D eigenvalue weighted by Gasteiger charge is -2.13. The van der Waals surface area contributed by atoms with Gasteiger partial charge in [-0.15, -0.1) is 0 Å². The van der Waals surface area contributed by atoms with E-state index in [1.54, 1.807) is 56.6 Å². The Labute approximate surface area is 225 Å². The Morgan fingerprint density at radius 1 is 0.974 bits per heavy atom. The highest BCUT2D eigenvalue weighted by Gasteiger charge is 2.19. The van der Waals surface area contributed by atoms with E-state index in [1.165, 1.54) is 21.1 Å². The number of methoxy groups -OCH3 is 3. The van der Waals surface area contributed by atoms with Crippen LogP contribution in [0, 0.1) is 13.8 Å². The number of aromatic nitrogens is 1. The highest BCUT2D eigenvalue weighted by Crippen LogP contribution is 2.32. The number of ether oxygens (including phenoxy) is 4. The van der Waals surface area contributed by atoms with Crippen molar-refractivity contribution >= 4 is 34.2 Å². The van der Waals surface area contributed by atoms with E-state index < -0.39 is 11.9 Å². The third-order valence-electron chi connectivity index (χ3n) is 5.94. The fraction of sp³-hybridized carbons (Fsp3) is 0.241. The fourth-order valence-corrected chi connectivity index (χ4v) is 3.93. The predicted octanol–water partition coefficient (Wildman–Crippen LogP) is 5.02. The van der Waals surface area contributed by atoms with Crippen LogP contribution in [0.15, 0.2) is 58.1 Å². The quantitative estimate of drug-likeness (QED) is 0.315. The maximum absolute atomic E-state index is 13.7. The molecule has 0 spiro atoms. The zero-order chi connectivity index (χ0) is 28.1. The first-order valence-electron chi connectivity index (χ1n) is 12.0. The van der Waals surface area contributed by atoms with Gasteiger partial charge < -0.3 is 28.7 Å². The molecule has 2 heterocycles. The van der Waals surface area contributed by atoms with E-state index >= 15 is 0 Å². The van der Waals surface area contributed by atoms with E-state index in [0.29, 0.717) is 50.8 Å². The lowest BCUT2D eigenvalue weighted by atomic mass is 10.1. The van der Waals surface area contributed by atoms with Gasteiger partial charge in [0.05, 0.1) is 32.7 Å². The highest BCUT2D eigenvalue weighted by atomic mass is 16.5. The summed E-state index contributed by atoms with van der Waals surface area (Å²) in [5.41, 5.74) is 3.50. The Kier molecular flexibility index (Phi) is 8.14. The number of carbonyl (C=O) groups excluding carboxylic acids is 2. The Morgan fingerprint density at radius 3 is 2.41 bits per heavy atom. The van der Waals surface area contributed by atoms with Gasteiger partial charge in [0.1, 0.15) is 35.1 Å². The number of hydrogen-bond donors (Lipinski definition) is 1. The Balaban J connectivity index is 1.97. The first-order chi connectivity index (χ1) is 18.7. The van der Waals surface area contributed by atoms with E-state index in [9.17, 15) is 9.59 Å². The summed E-state index contributed by atoms with van der Waals surface area (Å²) in [6, 6.07) is 12.2. The molecule has 2 aromatic heterocycles. The number of benzene rings is 2. The van der Waals surface area contributed by atoms with E-state index in [0.717, 1.165) is 5.56 Å². The number of hydrogen-bond acceptors (Lipinski definition) is 9. The van der Waals surface area contributed by atoms with Crippen LogP contribution in [0.4, 0.5) is 11.4 Å². The van der Waals surface area contributed by atoms with Crippen LogP contribution in [0.25, 0.3) is 11.0 Å². The fourth-order valence-electron chi connectivity index (χ4n) is 3.93. The molecule has 2 aromatic carbocycles. The van der Waals surface area contributed by atoms with E-state index in [2.05, 4.69) is 15.3 Å². The summed E-state index contributed by atoms with van der Waals surface area (Å²) in [5, 5.41) is 3.46. The van der Waals surface area contributed by atoms with Crippen LogP contribution in [-0.2, 0) is 16.1 Å². The number of esters is 1. The third-order valence-corrected chi connectivity index (χ3v) is 5.94. The molecule has 0 aliphatic rings. The molecule has 0 fully saturated rings. The summed E-state index contributed by atoms with van der Waals surface area (Å²) in [7, 11) is 4.59. The number of rotatable bonds is 8. The summed E-state index contributed by atoms with van der Waals surface area (Å²) in [4.78, 5) is 34.3. The van der Waals surface area contributed by atoms with Gasteiger partial charge in [-0.1, -0.05) is 6.07 Å². The summed E-state index contributed by atoms with van der Waals surface area (Å²) in [5.74, 6) is 0.568. The summed E-state index contributed by atoms with van der Waals surface area (Å²) < 4.78 is 27.7. The molecule has 0 bridgehead atoms. The molecule has 39 heavy (non-hydrogen) atoms. The largest absolute Gasteiger partial charge is 0.497 e. The lowest BCUT2D eigenvalue weighted by Crippen LogP contribution is -2.22. The minimum atomic E-state index is -0.488. The van der Waals surface area contributed by atoms with Crippen molar-refractivity contribution in [3.63, 3.8) is 0 Å². The van der Waals surface area contributed by atoms with Gasteiger partial charge in [-0.2, -0.15) is 0 Å². The second-order valence-corrected chi connectivity index (χ2v) is 8.66. The van der Waals surface area contributed by atoms with Gasteiger partial charge in [0.25, 0.3) is 5.91 Å². The molecule has 4 aromatic rings. The van der Waals surface area contributed by atoms with Gasteiger partial charge in [-0.3, -0.25) is 14.6 Å². The highest BCUT2D eigenvalue weighted by molar-refractivity contribution is 6.06. The second kappa shape index (κ2) is 11.7. The molecule has 202 valence electrons. The normalized spacial score (nSPS) is 11.3. The Morgan fingerprint density at radius 2 is 1.72 bits per heavy atom. The van der Waals surface area contributed by atoms with Gasteiger partial charge in [0.2, 0.25) is 5.55 Å². The standard InChI is InChI=1S/C29H29N3O7/c1-16-7-9-25(36-5)23(11-16)31-28(34)22-13-21-19(15-38-18(3)33)14-30-17(2)27(21)39-29(22)32-24-12-20(35-4)8-10-26(24)37-6/h7-14H,15H2,1-6H3,(H,31,34). The maximum atomic E-state index is 13.7.